The van der Waals surface area contributed by atoms with Crippen molar-refractivity contribution in [2.75, 3.05) is 0 Å². The zero-order chi connectivity index (χ0) is 14.4. The fourth-order valence-electron chi connectivity index (χ4n) is 3.71. The Morgan fingerprint density at radius 2 is 1.70 bits per heavy atom. The lowest BCUT2D eigenvalue weighted by atomic mass is 9.74. The molecular weight excluding hydrogens is 240 g/mol. The Morgan fingerprint density at radius 1 is 0.950 bits per heavy atom. The minimum absolute atomic E-state index is 0.876. The van der Waals surface area contributed by atoms with E-state index in [1.54, 1.807) is 11.1 Å². The second-order valence-electron chi connectivity index (χ2n) is 6.97. The van der Waals surface area contributed by atoms with Crippen LogP contribution in [0.2, 0.25) is 0 Å². The van der Waals surface area contributed by atoms with Gasteiger partial charge in [-0.15, -0.1) is 0 Å². The molecule has 112 valence electrons. The van der Waals surface area contributed by atoms with Crippen molar-refractivity contribution in [3.63, 3.8) is 0 Å². The van der Waals surface area contributed by atoms with Crippen molar-refractivity contribution in [3.8, 4) is 0 Å². The average molecular weight is 272 g/mol. The first-order chi connectivity index (χ1) is 9.70. The lowest BCUT2D eigenvalue weighted by Gasteiger charge is -2.31. The lowest BCUT2D eigenvalue weighted by molar-refractivity contribution is 0.302. The molecule has 0 aromatic heterocycles. The van der Waals surface area contributed by atoms with E-state index in [0.717, 1.165) is 11.8 Å². The van der Waals surface area contributed by atoms with Gasteiger partial charge in [0.1, 0.15) is 0 Å². The summed E-state index contributed by atoms with van der Waals surface area (Å²) in [7, 11) is 0. The normalized spacial score (nSPS) is 21.8. The third kappa shape index (κ3) is 4.36. The maximum absolute atomic E-state index is 2.46. The summed E-state index contributed by atoms with van der Waals surface area (Å²) in [5.41, 5.74) is 4.68. The molecule has 0 heteroatoms. The monoisotopic (exact) mass is 272 g/mol. The Labute approximate surface area is 126 Å². The number of unbranched alkanes of at least 4 members (excludes halogenated alkanes) is 5. The topological polar surface area (TPSA) is 0 Å². The second-order valence-corrected chi connectivity index (χ2v) is 6.97. The fraction of sp³-hybridized carbons (Fsp3) is 0.700. The molecule has 0 bridgehead atoms. The van der Waals surface area contributed by atoms with E-state index in [-0.39, 0.29) is 0 Å². The molecule has 0 saturated heterocycles. The summed E-state index contributed by atoms with van der Waals surface area (Å²) in [6.45, 7) is 6.98. The third-order valence-corrected chi connectivity index (χ3v) is 5.12. The van der Waals surface area contributed by atoms with Gasteiger partial charge < -0.3 is 0 Å². The molecule has 0 saturated carbocycles. The number of hydrogen-bond acceptors (Lipinski definition) is 0. The summed E-state index contributed by atoms with van der Waals surface area (Å²) >= 11 is 0. The predicted octanol–water partition coefficient (Wildman–Crippen LogP) is 6.10. The van der Waals surface area contributed by atoms with Gasteiger partial charge >= 0.3 is 0 Å². The summed E-state index contributed by atoms with van der Waals surface area (Å²) in [6, 6.07) is 7.07. The zero-order valence-electron chi connectivity index (χ0n) is 13.8. The molecule has 0 aliphatic heterocycles. The summed E-state index contributed by atoms with van der Waals surface area (Å²) in [4.78, 5) is 0. The fourth-order valence-corrected chi connectivity index (χ4v) is 3.71. The van der Waals surface area contributed by atoms with Crippen molar-refractivity contribution < 1.29 is 0 Å². The first-order valence-electron chi connectivity index (χ1n) is 8.79. The van der Waals surface area contributed by atoms with Crippen molar-refractivity contribution in [3.05, 3.63) is 34.9 Å². The van der Waals surface area contributed by atoms with Crippen LogP contribution >= 0.6 is 0 Å². The molecule has 1 aromatic rings. The Balaban J connectivity index is 1.78. The molecule has 0 nitrogen and oxygen atoms in total. The Bertz CT molecular complexity index is 404. The maximum Gasteiger partial charge on any atom is -0.0245 e. The molecule has 1 aromatic carbocycles. The molecule has 2 rings (SSSR count). The number of fused-ring (bicyclic) bond motifs is 1. The van der Waals surface area contributed by atoms with Gasteiger partial charge in [0.25, 0.3) is 0 Å². The number of aryl methyl sites for hydroxylation is 1. The average Bonchev–Trinajstić information content (AvgIpc) is 2.43. The van der Waals surface area contributed by atoms with Crippen molar-refractivity contribution in [1.29, 1.82) is 0 Å². The van der Waals surface area contributed by atoms with Crippen LogP contribution in [0.15, 0.2) is 18.2 Å². The van der Waals surface area contributed by atoms with Gasteiger partial charge in [0.15, 0.2) is 0 Å². The first kappa shape index (κ1) is 15.6. The molecule has 1 aliphatic carbocycles. The summed E-state index contributed by atoms with van der Waals surface area (Å²) < 4.78 is 0. The van der Waals surface area contributed by atoms with Gasteiger partial charge in [-0.05, 0) is 49.1 Å². The first-order valence-corrected chi connectivity index (χ1v) is 8.79. The highest BCUT2D eigenvalue weighted by Gasteiger charge is 2.24. The molecule has 0 N–H and O–H groups in total. The molecule has 2 unspecified atom stereocenters. The van der Waals surface area contributed by atoms with Gasteiger partial charge in [-0.3, -0.25) is 0 Å². The van der Waals surface area contributed by atoms with E-state index in [4.69, 9.17) is 0 Å². The van der Waals surface area contributed by atoms with Crippen LogP contribution in [0.5, 0.6) is 0 Å². The van der Waals surface area contributed by atoms with Crippen molar-refractivity contribution in [1.82, 2.24) is 0 Å². The van der Waals surface area contributed by atoms with Crippen LogP contribution in [0.25, 0.3) is 0 Å². The van der Waals surface area contributed by atoms with Crippen molar-refractivity contribution in [2.24, 2.45) is 11.8 Å². The predicted molar refractivity (Wildman–Crippen MR) is 89.2 cm³/mol. The number of hydrogen-bond donors (Lipinski definition) is 0. The Hall–Kier alpha value is -0.780. The molecule has 20 heavy (non-hydrogen) atoms. The molecule has 0 radical (unpaired) electrons. The van der Waals surface area contributed by atoms with Gasteiger partial charge in [-0.25, -0.2) is 0 Å². The highest BCUT2D eigenvalue weighted by atomic mass is 14.3. The smallest absolute Gasteiger partial charge is 0.0245 e. The largest absolute Gasteiger partial charge is 0.0654 e. The molecule has 0 fully saturated rings. The lowest BCUT2D eigenvalue weighted by Crippen LogP contribution is -2.23. The van der Waals surface area contributed by atoms with E-state index in [2.05, 4.69) is 39.0 Å². The van der Waals surface area contributed by atoms with E-state index in [1.807, 2.05) is 0 Å². The van der Waals surface area contributed by atoms with E-state index in [9.17, 15) is 0 Å². The van der Waals surface area contributed by atoms with Crippen molar-refractivity contribution in [2.45, 2.75) is 78.6 Å². The van der Waals surface area contributed by atoms with Gasteiger partial charge in [-0.1, -0.05) is 76.1 Å². The van der Waals surface area contributed by atoms with Crippen LogP contribution in [0.1, 0.15) is 75.5 Å². The number of rotatable bonds is 7. The highest BCUT2D eigenvalue weighted by Crippen LogP contribution is 2.33. The second kappa shape index (κ2) is 7.86. The molecule has 0 heterocycles. The Kier molecular flexibility index (Phi) is 6.13. The molecule has 0 spiro atoms. The zero-order valence-corrected chi connectivity index (χ0v) is 13.8. The molecular formula is C20H32. The van der Waals surface area contributed by atoms with Gasteiger partial charge in [0, 0.05) is 0 Å². The van der Waals surface area contributed by atoms with E-state index in [0.29, 0.717) is 0 Å². The van der Waals surface area contributed by atoms with Crippen molar-refractivity contribution >= 4 is 0 Å². The minimum atomic E-state index is 0.876. The highest BCUT2D eigenvalue weighted by molar-refractivity contribution is 5.34. The summed E-state index contributed by atoms with van der Waals surface area (Å²) in [5, 5.41) is 0. The van der Waals surface area contributed by atoms with Crippen LogP contribution in [-0.2, 0) is 12.8 Å². The van der Waals surface area contributed by atoms with E-state index < -0.39 is 0 Å². The minimum Gasteiger partial charge on any atom is -0.0654 e. The van der Waals surface area contributed by atoms with Crippen LogP contribution in [0.4, 0.5) is 0 Å². The van der Waals surface area contributed by atoms with Crippen LogP contribution in [0, 0.1) is 18.8 Å². The summed E-state index contributed by atoms with van der Waals surface area (Å²) in [6.07, 6.45) is 12.6. The molecule has 0 amide bonds. The SMILES string of the molecule is CCCCCCCCC1Cc2cc(C)ccc2CC1C. The Morgan fingerprint density at radius 3 is 2.50 bits per heavy atom. The van der Waals surface area contributed by atoms with Gasteiger partial charge in [-0.2, -0.15) is 0 Å². The van der Waals surface area contributed by atoms with E-state index >= 15 is 0 Å². The van der Waals surface area contributed by atoms with E-state index in [1.165, 1.54) is 63.4 Å². The third-order valence-electron chi connectivity index (χ3n) is 5.12. The summed E-state index contributed by atoms with van der Waals surface area (Å²) in [5.74, 6) is 1.80. The van der Waals surface area contributed by atoms with Crippen LogP contribution < -0.4 is 0 Å². The van der Waals surface area contributed by atoms with Crippen LogP contribution in [0.3, 0.4) is 0 Å². The standard InChI is InChI=1S/C20H32/c1-4-5-6-7-8-9-10-18-15-20-13-16(2)11-12-19(20)14-17(18)3/h11-13,17-18H,4-10,14-15H2,1-3H3. The molecule has 2 atom stereocenters. The number of benzene rings is 1. The quantitative estimate of drug-likeness (QED) is 0.526. The van der Waals surface area contributed by atoms with Gasteiger partial charge in [0.05, 0.1) is 0 Å². The van der Waals surface area contributed by atoms with Gasteiger partial charge in [0.2, 0.25) is 0 Å². The molecule has 1 aliphatic rings. The van der Waals surface area contributed by atoms with Crippen LogP contribution in [-0.4, -0.2) is 0 Å². The maximum atomic E-state index is 2.46.